The topological polar surface area (TPSA) is 47.6 Å². The fourth-order valence-electron chi connectivity index (χ4n) is 1.98. The summed E-state index contributed by atoms with van der Waals surface area (Å²) in [4.78, 5) is 10.8. The maximum absolute atomic E-state index is 10.8. The highest BCUT2D eigenvalue weighted by molar-refractivity contribution is 5.78. The summed E-state index contributed by atoms with van der Waals surface area (Å²) in [6.45, 7) is 0.969. The largest absolute Gasteiger partial charge is 0.353 e. The van der Waals surface area contributed by atoms with Gasteiger partial charge in [-0.05, 0) is 12.8 Å². The van der Waals surface area contributed by atoms with Crippen LogP contribution in [-0.4, -0.2) is 31.5 Å². The second-order valence-corrected chi connectivity index (χ2v) is 3.99. The standard InChI is InChI=1S/C10H17NO3/c12-10-5-9(6-11-10)14-7-13-8-3-1-2-4-8/h8-9H,1-7H2,(H,11,12). The van der Waals surface area contributed by atoms with Gasteiger partial charge in [0.25, 0.3) is 0 Å². The molecule has 4 heteroatoms. The number of hydrogen-bond donors (Lipinski definition) is 1. The van der Waals surface area contributed by atoms with Crippen molar-refractivity contribution in [1.29, 1.82) is 0 Å². The highest BCUT2D eigenvalue weighted by Crippen LogP contribution is 2.21. The van der Waals surface area contributed by atoms with Crippen molar-refractivity contribution in [3.63, 3.8) is 0 Å². The van der Waals surface area contributed by atoms with Gasteiger partial charge in [0.15, 0.2) is 0 Å². The van der Waals surface area contributed by atoms with Gasteiger partial charge in [0.1, 0.15) is 6.79 Å². The Kier molecular flexibility index (Phi) is 3.37. The number of hydrogen-bond acceptors (Lipinski definition) is 3. The molecule has 1 aliphatic heterocycles. The molecule has 0 spiro atoms. The van der Waals surface area contributed by atoms with Crippen molar-refractivity contribution >= 4 is 5.91 Å². The average molecular weight is 199 g/mol. The summed E-state index contributed by atoms with van der Waals surface area (Å²) in [7, 11) is 0. The molecule has 0 radical (unpaired) electrons. The first-order valence-electron chi connectivity index (χ1n) is 5.34. The third-order valence-electron chi connectivity index (χ3n) is 2.85. The van der Waals surface area contributed by atoms with Crippen LogP contribution >= 0.6 is 0 Å². The molecular weight excluding hydrogens is 182 g/mol. The van der Waals surface area contributed by atoms with Crippen LogP contribution in [-0.2, 0) is 14.3 Å². The second kappa shape index (κ2) is 4.75. The quantitative estimate of drug-likeness (QED) is 0.681. The van der Waals surface area contributed by atoms with E-state index in [0.29, 0.717) is 25.9 Å². The molecular formula is C10H17NO3. The molecule has 0 aromatic heterocycles. The second-order valence-electron chi connectivity index (χ2n) is 3.99. The summed E-state index contributed by atoms with van der Waals surface area (Å²) in [5.74, 6) is 0.0795. The monoisotopic (exact) mass is 199 g/mol. The minimum Gasteiger partial charge on any atom is -0.353 e. The Hall–Kier alpha value is -0.610. The smallest absolute Gasteiger partial charge is 0.222 e. The number of ether oxygens (including phenoxy) is 2. The van der Waals surface area contributed by atoms with Gasteiger partial charge in [-0.2, -0.15) is 0 Å². The summed E-state index contributed by atoms with van der Waals surface area (Å²) in [5.41, 5.74) is 0. The highest BCUT2D eigenvalue weighted by atomic mass is 16.7. The molecule has 1 N–H and O–H groups in total. The SMILES string of the molecule is O=C1CC(OCOC2CCCC2)CN1. The average Bonchev–Trinajstić information content (AvgIpc) is 2.77. The molecule has 0 aromatic rings. The van der Waals surface area contributed by atoms with Crippen molar-refractivity contribution in [1.82, 2.24) is 5.32 Å². The third-order valence-corrected chi connectivity index (χ3v) is 2.85. The molecule has 0 aromatic carbocycles. The summed E-state index contributed by atoms with van der Waals surface area (Å²) in [5, 5.41) is 2.73. The van der Waals surface area contributed by atoms with Crippen molar-refractivity contribution in [2.24, 2.45) is 0 Å². The zero-order chi connectivity index (χ0) is 9.80. The Labute approximate surface area is 84.0 Å². The fourth-order valence-corrected chi connectivity index (χ4v) is 1.98. The molecule has 1 unspecified atom stereocenters. The van der Waals surface area contributed by atoms with E-state index in [1.54, 1.807) is 0 Å². The molecule has 2 fully saturated rings. The molecule has 0 bridgehead atoms. The zero-order valence-electron chi connectivity index (χ0n) is 8.33. The van der Waals surface area contributed by atoms with Crippen LogP contribution in [0.25, 0.3) is 0 Å². The van der Waals surface area contributed by atoms with E-state index < -0.39 is 0 Å². The van der Waals surface area contributed by atoms with Crippen molar-refractivity contribution in [2.45, 2.75) is 44.3 Å². The summed E-state index contributed by atoms with van der Waals surface area (Å²) in [6.07, 6.45) is 5.75. The number of amides is 1. The van der Waals surface area contributed by atoms with Crippen LogP contribution in [0.15, 0.2) is 0 Å². The molecule has 1 heterocycles. The van der Waals surface area contributed by atoms with Crippen molar-refractivity contribution < 1.29 is 14.3 Å². The predicted molar refractivity (Wildman–Crippen MR) is 50.7 cm³/mol. The van der Waals surface area contributed by atoms with E-state index in [4.69, 9.17) is 9.47 Å². The highest BCUT2D eigenvalue weighted by Gasteiger charge is 2.22. The lowest BCUT2D eigenvalue weighted by atomic mass is 10.3. The number of rotatable bonds is 4. The molecule has 4 nitrogen and oxygen atoms in total. The Morgan fingerprint density at radius 1 is 1.21 bits per heavy atom. The summed E-state index contributed by atoms with van der Waals surface area (Å²) >= 11 is 0. The lowest BCUT2D eigenvalue weighted by Crippen LogP contribution is -2.20. The van der Waals surface area contributed by atoms with E-state index in [0.717, 1.165) is 12.8 Å². The minimum atomic E-state index is 0.0175. The van der Waals surface area contributed by atoms with E-state index in [9.17, 15) is 4.79 Å². The van der Waals surface area contributed by atoms with Gasteiger partial charge in [0.05, 0.1) is 18.6 Å². The van der Waals surface area contributed by atoms with E-state index in [1.807, 2.05) is 0 Å². The van der Waals surface area contributed by atoms with Crippen molar-refractivity contribution in [3.05, 3.63) is 0 Å². The Bertz CT molecular complexity index is 202. The molecule has 2 aliphatic rings. The van der Waals surface area contributed by atoms with E-state index in [-0.39, 0.29) is 12.0 Å². The van der Waals surface area contributed by atoms with Gasteiger partial charge in [-0.25, -0.2) is 0 Å². The van der Waals surface area contributed by atoms with Crippen LogP contribution in [0.2, 0.25) is 0 Å². The molecule has 1 saturated carbocycles. The summed E-state index contributed by atoms with van der Waals surface area (Å²) < 4.78 is 11.0. The van der Waals surface area contributed by atoms with Crippen LogP contribution in [0.3, 0.4) is 0 Å². The minimum absolute atomic E-state index is 0.0175. The molecule has 1 aliphatic carbocycles. The van der Waals surface area contributed by atoms with Gasteiger partial charge in [-0.15, -0.1) is 0 Å². The molecule has 2 rings (SSSR count). The number of carbonyl (C=O) groups is 1. The molecule has 1 atom stereocenters. The Morgan fingerprint density at radius 2 is 1.93 bits per heavy atom. The fraction of sp³-hybridized carbons (Fsp3) is 0.900. The predicted octanol–water partition coefficient (Wildman–Crippen LogP) is 0.808. The maximum Gasteiger partial charge on any atom is 0.222 e. The maximum atomic E-state index is 10.8. The van der Waals surface area contributed by atoms with Crippen LogP contribution in [0.4, 0.5) is 0 Å². The van der Waals surface area contributed by atoms with Gasteiger partial charge in [-0.3, -0.25) is 4.79 Å². The lowest BCUT2D eigenvalue weighted by molar-refractivity contribution is -0.124. The van der Waals surface area contributed by atoms with Gasteiger partial charge in [0, 0.05) is 6.54 Å². The van der Waals surface area contributed by atoms with Gasteiger partial charge < -0.3 is 14.8 Å². The Balaban J connectivity index is 1.56. The molecule has 1 saturated heterocycles. The first-order chi connectivity index (χ1) is 6.84. The van der Waals surface area contributed by atoms with Crippen LogP contribution in [0.1, 0.15) is 32.1 Å². The normalized spacial score (nSPS) is 28.3. The zero-order valence-corrected chi connectivity index (χ0v) is 8.33. The molecule has 80 valence electrons. The van der Waals surface area contributed by atoms with E-state index in [1.165, 1.54) is 12.8 Å². The molecule has 14 heavy (non-hydrogen) atoms. The van der Waals surface area contributed by atoms with Crippen LogP contribution in [0.5, 0.6) is 0 Å². The van der Waals surface area contributed by atoms with Crippen molar-refractivity contribution in [2.75, 3.05) is 13.3 Å². The van der Waals surface area contributed by atoms with E-state index in [2.05, 4.69) is 5.32 Å². The van der Waals surface area contributed by atoms with Crippen LogP contribution in [0, 0.1) is 0 Å². The number of nitrogens with one attached hydrogen (secondary N) is 1. The summed E-state index contributed by atoms with van der Waals surface area (Å²) in [6, 6.07) is 0. The number of carbonyl (C=O) groups excluding carboxylic acids is 1. The van der Waals surface area contributed by atoms with Crippen LogP contribution < -0.4 is 5.32 Å². The molecule has 1 amide bonds. The lowest BCUT2D eigenvalue weighted by Gasteiger charge is -2.13. The third kappa shape index (κ3) is 2.69. The van der Waals surface area contributed by atoms with Crippen molar-refractivity contribution in [3.8, 4) is 0 Å². The first-order valence-corrected chi connectivity index (χ1v) is 5.34. The van der Waals surface area contributed by atoms with E-state index >= 15 is 0 Å². The Morgan fingerprint density at radius 3 is 2.57 bits per heavy atom. The van der Waals surface area contributed by atoms with Gasteiger partial charge >= 0.3 is 0 Å². The first kappa shape index (κ1) is 9.93. The van der Waals surface area contributed by atoms with Gasteiger partial charge in [-0.1, -0.05) is 12.8 Å². The van der Waals surface area contributed by atoms with Gasteiger partial charge in [0.2, 0.25) is 5.91 Å².